The summed E-state index contributed by atoms with van der Waals surface area (Å²) in [5, 5.41) is 3.72. The maximum Gasteiger partial charge on any atom is 0.262 e. The van der Waals surface area contributed by atoms with Crippen molar-refractivity contribution in [2.45, 2.75) is 42.9 Å². The third-order valence-electron chi connectivity index (χ3n) is 8.19. The molecule has 5 rings (SSSR count). The second-order valence-electron chi connectivity index (χ2n) is 11.3. The molecule has 0 aliphatic carbocycles. The molecule has 11 heteroatoms. The minimum Gasteiger partial charge on any atom is -0.352 e. The molecule has 1 saturated heterocycles. The number of thioether (sulfide) groups is 1. The van der Waals surface area contributed by atoms with Crippen LogP contribution in [0.5, 0.6) is 0 Å². The maximum atomic E-state index is 14.4. The second kappa shape index (κ2) is 13.4. The Bertz CT molecular complexity index is 1480. The van der Waals surface area contributed by atoms with Crippen LogP contribution in [-0.2, 0) is 21.7 Å². The highest BCUT2D eigenvalue weighted by Gasteiger charge is 2.48. The van der Waals surface area contributed by atoms with Crippen LogP contribution in [0.1, 0.15) is 31.2 Å². The molecule has 1 fully saturated rings. The van der Waals surface area contributed by atoms with E-state index in [0.29, 0.717) is 43.5 Å². The molecule has 1 atom stereocenters. The summed E-state index contributed by atoms with van der Waals surface area (Å²) < 4.78 is 15.4. The van der Waals surface area contributed by atoms with Gasteiger partial charge in [-0.25, -0.2) is 9.37 Å². The summed E-state index contributed by atoms with van der Waals surface area (Å²) in [5.41, 5.74) is -0.693. The number of carbonyl (C=O) groups is 2. The molecule has 224 valence electrons. The van der Waals surface area contributed by atoms with Crippen molar-refractivity contribution in [2.24, 2.45) is 0 Å². The van der Waals surface area contributed by atoms with Gasteiger partial charge in [-0.1, -0.05) is 48.5 Å². The normalized spacial score (nSPS) is 20.2. The molecule has 1 unspecified atom stereocenters. The number of nitrogens with zero attached hydrogens (tertiary/aromatic N) is 5. The van der Waals surface area contributed by atoms with E-state index in [1.54, 1.807) is 4.90 Å². The summed E-state index contributed by atoms with van der Waals surface area (Å²) in [5.74, 6) is -0.629. The van der Waals surface area contributed by atoms with Crippen molar-refractivity contribution in [1.29, 1.82) is 0 Å². The van der Waals surface area contributed by atoms with Crippen LogP contribution < -0.4 is 10.9 Å². The lowest BCUT2D eigenvalue weighted by atomic mass is 9.83. The molecule has 1 N–H and O–H groups in total. The van der Waals surface area contributed by atoms with Crippen LogP contribution in [0.3, 0.4) is 0 Å². The number of likely N-dealkylation sites (N-methyl/N-ethyl adjacent to an activating group) is 1. The molecular formula is C31H39FN6O3S. The smallest absolute Gasteiger partial charge is 0.262 e. The number of amides is 2. The number of benzene rings is 2. The number of carbonyl (C=O) groups excluding carboxylic acids is 2. The predicted octanol–water partition coefficient (Wildman–Crippen LogP) is 2.92. The Morgan fingerprint density at radius 1 is 1.07 bits per heavy atom. The first-order chi connectivity index (χ1) is 20.3. The van der Waals surface area contributed by atoms with Gasteiger partial charge >= 0.3 is 0 Å². The van der Waals surface area contributed by atoms with Crippen LogP contribution in [-0.4, -0.2) is 95.2 Å². The Hall–Kier alpha value is -3.28. The number of nitrogens with one attached hydrogen (secondary N) is 1. The first kappa shape index (κ1) is 30.2. The van der Waals surface area contributed by atoms with Gasteiger partial charge in [0, 0.05) is 38.0 Å². The van der Waals surface area contributed by atoms with Crippen molar-refractivity contribution in [1.82, 2.24) is 29.6 Å². The van der Waals surface area contributed by atoms with Crippen molar-refractivity contribution >= 4 is 34.5 Å². The number of likely N-dealkylation sites (tertiary alicyclic amines) is 1. The highest BCUT2D eigenvalue weighted by Crippen LogP contribution is 2.37. The SMILES string of the molecule is CN(C)CCNC(=O)C1(c2ccccc2)CCSc2nc3cc(F)ccc3c(=O)n2CC(=O)N1CCN1CCCCC1. The minimum atomic E-state index is -1.29. The van der Waals surface area contributed by atoms with E-state index in [1.165, 1.54) is 40.9 Å². The highest BCUT2D eigenvalue weighted by molar-refractivity contribution is 7.99. The van der Waals surface area contributed by atoms with Gasteiger partial charge in [-0.05, 0) is 64.1 Å². The number of hydrogen-bond donors (Lipinski definition) is 1. The quantitative estimate of drug-likeness (QED) is 0.401. The standard InChI is InChI=1S/C31H39FN6O3S/c1-35(2)17-14-33-29(41)31(23-9-5-3-6-10-23)13-20-42-30-34-26-21-24(32)11-12-25(26)28(40)37(30)22-27(39)38(31)19-18-36-15-7-4-8-16-36/h3,5-6,9-12,21H,4,7-8,13-20,22H2,1-2H3,(H,33,41). The number of fused-ring (bicyclic) bond motifs is 2. The highest BCUT2D eigenvalue weighted by atomic mass is 32.2. The Morgan fingerprint density at radius 3 is 2.57 bits per heavy atom. The molecule has 0 radical (unpaired) electrons. The Morgan fingerprint density at radius 2 is 1.83 bits per heavy atom. The van der Waals surface area contributed by atoms with Crippen molar-refractivity contribution in [3.05, 3.63) is 70.3 Å². The van der Waals surface area contributed by atoms with Gasteiger partial charge in [-0.2, -0.15) is 0 Å². The van der Waals surface area contributed by atoms with Crippen LogP contribution in [0.25, 0.3) is 10.9 Å². The average molecular weight is 595 g/mol. The summed E-state index contributed by atoms with van der Waals surface area (Å²) in [6, 6.07) is 13.4. The van der Waals surface area contributed by atoms with E-state index < -0.39 is 16.9 Å². The van der Waals surface area contributed by atoms with Gasteiger partial charge in [0.2, 0.25) is 5.91 Å². The number of piperidine rings is 1. The van der Waals surface area contributed by atoms with Crippen LogP contribution in [0, 0.1) is 5.82 Å². The zero-order chi connectivity index (χ0) is 29.7. The van der Waals surface area contributed by atoms with Gasteiger partial charge in [0.25, 0.3) is 11.5 Å². The van der Waals surface area contributed by atoms with E-state index in [-0.39, 0.29) is 29.3 Å². The molecule has 3 heterocycles. The Labute approximate surface area is 250 Å². The molecule has 1 aromatic heterocycles. The maximum absolute atomic E-state index is 14.4. The third kappa shape index (κ3) is 6.38. The fourth-order valence-corrected chi connectivity index (χ4v) is 6.99. The van der Waals surface area contributed by atoms with Crippen molar-refractivity contribution < 1.29 is 14.0 Å². The van der Waals surface area contributed by atoms with Gasteiger partial charge in [-0.15, -0.1) is 0 Å². The van der Waals surface area contributed by atoms with Crippen molar-refractivity contribution in [3.8, 4) is 0 Å². The van der Waals surface area contributed by atoms with E-state index >= 15 is 0 Å². The Kier molecular flexibility index (Phi) is 9.60. The fraction of sp³-hybridized carbons (Fsp3) is 0.484. The van der Waals surface area contributed by atoms with E-state index in [4.69, 9.17) is 0 Å². The predicted molar refractivity (Wildman–Crippen MR) is 163 cm³/mol. The number of rotatable bonds is 8. The van der Waals surface area contributed by atoms with E-state index in [9.17, 15) is 18.8 Å². The van der Waals surface area contributed by atoms with Gasteiger partial charge in [-0.3, -0.25) is 19.0 Å². The molecule has 42 heavy (non-hydrogen) atoms. The lowest BCUT2D eigenvalue weighted by Gasteiger charge is -2.44. The van der Waals surface area contributed by atoms with Crippen LogP contribution in [0.4, 0.5) is 4.39 Å². The molecule has 0 spiro atoms. The summed E-state index contributed by atoms with van der Waals surface area (Å²) in [6.07, 6.45) is 3.74. The first-order valence-electron chi connectivity index (χ1n) is 14.6. The van der Waals surface area contributed by atoms with Gasteiger partial charge in [0.05, 0.1) is 10.9 Å². The average Bonchev–Trinajstić information content (AvgIpc) is 3.04. The van der Waals surface area contributed by atoms with E-state index in [2.05, 4.69) is 15.2 Å². The van der Waals surface area contributed by atoms with Gasteiger partial charge < -0.3 is 20.0 Å². The largest absolute Gasteiger partial charge is 0.352 e. The molecule has 2 aliphatic heterocycles. The van der Waals surface area contributed by atoms with Crippen LogP contribution >= 0.6 is 11.8 Å². The third-order valence-corrected chi connectivity index (χ3v) is 9.17. The van der Waals surface area contributed by atoms with Crippen LogP contribution in [0.15, 0.2) is 58.5 Å². The van der Waals surface area contributed by atoms with E-state index in [1.807, 2.05) is 49.3 Å². The molecule has 2 amide bonds. The molecule has 2 aliphatic rings. The zero-order valence-electron chi connectivity index (χ0n) is 24.4. The minimum absolute atomic E-state index is 0.235. The molecule has 9 nitrogen and oxygen atoms in total. The number of halogens is 1. The summed E-state index contributed by atoms with van der Waals surface area (Å²) >= 11 is 1.32. The zero-order valence-corrected chi connectivity index (χ0v) is 25.2. The number of hydrogen-bond acceptors (Lipinski definition) is 7. The van der Waals surface area contributed by atoms with E-state index in [0.717, 1.165) is 31.5 Å². The van der Waals surface area contributed by atoms with Crippen molar-refractivity contribution in [2.75, 3.05) is 59.1 Å². The topological polar surface area (TPSA) is 90.8 Å². The summed E-state index contributed by atoms with van der Waals surface area (Å²) in [7, 11) is 3.89. The Balaban J connectivity index is 1.60. The molecule has 2 aromatic carbocycles. The monoisotopic (exact) mass is 594 g/mol. The molecular weight excluding hydrogens is 555 g/mol. The molecule has 0 bridgehead atoms. The second-order valence-corrected chi connectivity index (χ2v) is 12.3. The van der Waals surface area contributed by atoms with Gasteiger partial charge in [0.15, 0.2) is 5.16 Å². The first-order valence-corrected chi connectivity index (χ1v) is 15.6. The lowest BCUT2D eigenvalue weighted by molar-refractivity contribution is -0.150. The molecule has 3 aromatic rings. The molecule has 0 saturated carbocycles. The number of aromatic nitrogens is 2. The summed E-state index contributed by atoms with van der Waals surface area (Å²) in [4.78, 5) is 53.1. The van der Waals surface area contributed by atoms with Crippen LogP contribution in [0.2, 0.25) is 0 Å². The fourth-order valence-electron chi connectivity index (χ4n) is 5.94. The lowest BCUT2D eigenvalue weighted by Crippen LogP contribution is -2.61. The van der Waals surface area contributed by atoms with Gasteiger partial charge in [0.1, 0.15) is 17.9 Å². The van der Waals surface area contributed by atoms with Crippen molar-refractivity contribution in [3.63, 3.8) is 0 Å². The summed E-state index contributed by atoms with van der Waals surface area (Å²) in [6.45, 7) is 3.72.